The van der Waals surface area contributed by atoms with Crippen LogP contribution in [0.1, 0.15) is 21.5 Å². The summed E-state index contributed by atoms with van der Waals surface area (Å²) in [6.45, 7) is 5.26. The van der Waals surface area contributed by atoms with E-state index in [-0.39, 0.29) is 10.8 Å². The number of anilines is 1. The van der Waals surface area contributed by atoms with Crippen molar-refractivity contribution in [1.82, 2.24) is 4.31 Å². The average molecular weight is 374 g/mol. The topological polar surface area (TPSA) is 75.7 Å². The van der Waals surface area contributed by atoms with Crippen LogP contribution < -0.4 is 5.32 Å². The van der Waals surface area contributed by atoms with Crippen molar-refractivity contribution in [2.24, 2.45) is 0 Å². The maximum Gasteiger partial charge on any atom is 0.255 e. The van der Waals surface area contributed by atoms with Crippen molar-refractivity contribution >= 4 is 21.6 Å². The van der Waals surface area contributed by atoms with E-state index in [0.717, 1.165) is 5.56 Å². The van der Waals surface area contributed by atoms with Gasteiger partial charge in [-0.15, -0.1) is 0 Å². The first-order chi connectivity index (χ1) is 12.4. The molecule has 7 heteroatoms. The predicted molar refractivity (Wildman–Crippen MR) is 99.9 cm³/mol. The first-order valence-electron chi connectivity index (χ1n) is 8.44. The number of sulfonamides is 1. The standard InChI is InChI=1S/C19H22N2O4S/c1-14-3-5-16(6-4-14)19(22)20-18-8-7-17(13-15(18)2)26(23,24)21-9-11-25-12-10-21/h3-8,13H,9-12H2,1-2H3,(H,20,22). The molecule has 3 rings (SSSR count). The molecule has 1 saturated heterocycles. The van der Waals surface area contributed by atoms with E-state index in [1.807, 2.05) is 19.1 Å². The van der Waals surface area contributed by atoms with Crippen LogP contribution in [0.25, 0.3) is 0 Å². The number of carbonyl (C=O) groups is 1. The zero-order chi connectivity index (χ0) is 18.7. The third-order valence-electron chi connectivity index (χ3n) is 4.37. The summed E-state index contributed by atoms with van der Waals surface area (Å²) < 4.78 is 32.1. The van der Waals surface area contributed by atoms with E-state index >= 15 is 0 Å². The molecule has 0 saturated carbocycles. The van der Waals surface area contributed by atoms with Gasteiger partial charge in [-0.2, -0.15) is 4.31 Å². The van der Waals surface area contributed by atoms with E-state index in [4.69, 9.17) is 4.74 Å². The zero-order valence-corrected chi connectivity index (χ0v) is 15.7. The summed E-state index contributed by atoms with van der Waals surface area (Å²) in [5, 5.41) is 2.84. The Morgan fingerprint density at radius 3 is 2.31 bits per heavy atom. The molecule has 0 bridgehead atoms. The Morgan fingerprint density at radius 2 is 1.69 bits per heavy atom. The second kappa shape index (κ2) is 7.57. The van der Waals surface area contributed by atoms with Crippen molar-refractivity contribution in [1.29, 1.82) is 0 Å². The SMILES string of the molecule is Cc1ccc(C(=O)Nc2ccc(S(=O)(=O)N3CCOCC3)cc2C)cc1. The maximum absolute atomic E-state index is 12.7. The molecule has 0 radical (unpaired) electrons. The van der Waals surface area contributed by atoms with Gasteiger partial charge in [0.05, 0.1) is 18.1 Å². The highest BCUT2D eigenvalue weighted by atomic mass is 32.2. The minimum Gasteiger partial charge on any atom is -0.379 e. The molecular formula is C19H22N2O4S. The van der Waals surface area contributed by atoms with E-state index in [9.17, 15) is 13.2 Å². The highest BCUT2D eigenvalue weighted by Crippen LogP contribution is 2.23. The van der Waals surface area contributed by atoms with Crippen LogP contribution in [0.3, 0.4) is 0 Å². The lowest BCUT2D eigenvalue weighted by atomic mass is 10.1. The Kier molecular flexibility index (Phi) is 5.41. The summed E-state index contributed by atoms with van der Waals surface area (Å²) in [6, 6.07) is 12.0. The normalized spacial score (nSPS) is 15.6. The van der Waals surface area contributed by atoms with Crippen LogP contribution in [-0.4, -0.2) is 44.9 Å². The van der Waals surface area contributed by atoms with Gasteiger partial charge >= 0.3 is 0 Å². The van der Waals surface area contributed by atoms with Crippen molar-refractivity contribution < 1.29 is 17.9 Å². The lowest BCUT2D eigenvalue weighted by Crippen LogP contribution is -2.40. The number of benzene rings is 2. The number of rotatable bonds is 4. The second-order valence-corrected chi connectivity index (χ2v) is 8.25. The molecule has 0 aliphatic carbocycles. The van der Waals surface area contributed by atoms with E-state index in [0.29, 0.717) is 43.1 Å². The number of nitrogens with zero attached hydrogens (tertiary/aromatic N) is 1. The average Bonchev–Trinajstić information content (AvgIpc) is 2.64. The fourth-order valence-corrected chi connectivity index (χ4v) is 4.27. The van der Waals surface area contributed by atoms with E-state index in [2.05, 4.69) is 5.32 Å². The molecule has 0 aromatic heterocycles. The first-order valence-corrected chi connectivity index (χ1v) is 9.88. The van der Waals surface area contributed by atoms with Crippen molar-refractivity contribution in [3.8, 4) is 0 Å². The number of hydrogen-bond acceptors (Lipinski definition) is 4. The Hall–Kier alpha value is -2.22. The highest BCUT2D eigenvalue weighted by molar-refractivity contribution is 7.89. The zero-order valence-electron chi connectivity index (χ0n) is 14.9. The lowest BCUT2D eigenvalue weighted by molar-refractivity contribution is 0.0730. The van der Waals surface area contributed by atoms with Crippen molar-refractivity contribution in [3.05, 3.63) is 59.2 Å². The van der Waals surface area contributed by atoms with Crippen molar-refractivity contribution in [2.45, 2.75) is 18.7 Å². The first kappa shape index (κ1) is 18.6. The van der Waals surface area contributed by atoms with Gasteiger partial charge in [-0.1, -0.05) is 17.7 Å². The fraction of sp³-hybridized carbons (Fsp3) is 0.316. The number of morpholine rings is 1. The largest absolute Gasteiger partial charge is 0.379 e. The van der Waals surface area contributed by atoms with E-state index in [1.54, 1.807) is 31.2 Å². The van der Waals surface area contributed by atoms with Gasteiger partial charge < -0.3 is 10.1 Å². The highest BCUT2D eigenvalue weighted by Gasteiger charge is 2.26. The number of aryl methyl sites for hydroxylation is 2. The molecule has 1 fully saturated rings. The minimum absolute atomic E-state index is 0.225. The molecule has 2 aromatic rings. The maximum atomic E-state index is 12.7. The molecule has 1 heterocycles. The number of hydrogen-bond donors (Lipinski definition) is 1. The Bertz CT molecular complexity index is 902. The summed E-state index contributed by atoms with van der Waals surface area (Å²) in [6.07, 6.45) is 0. The van der Waals surface area contributed by atoms with Gasteiger partial charge in [-0.3, -0.25) is 4.79 Å². The molecule has 1 aliphatic heterocycles. The van der Waals surface area contributed by atoms with Gasteiger partial charge in [-0.05, 0) is 49.7 Å². The Morgan fingerprint density at radius 1 is 1.04 bits per heavy atom. The number of amides is 1. The molecule has 138 valence electrons. The lowest BCUT2D eigenvalue weighted by Gasteiger charge is -2.26. The molecule has 2 aromatic carbocycles. The van der Waals surface area contributed by atoms with E-state index < -0.39 is 10.0 Å². The summed E-state index contributed by atoms with van der Waals surface area (Å²) in [4.78, 5) is 12.6. The quantitative estimate of drug-likeness (QED) is 0.892. The fourth-order valence-electron chi connectivity index (χ4n) is 2.77. The summed E-state index contributed by atoms with van der Waals surface area (Å²) in [7, 11) is -3.55. The van der Waals surface area contributed by atoms with Crippen LogP contribution in [0, 0.1) is 13.8 Å². The molecule has 1 aliphatic rings. The number of nitrogens with one attached hydrogen (secondary N) is 1. The monoisotopic (exact) mass is 374 g/mol. The Balaban J connectivity index is 1.79. The van der Waals surface area contributed by atoms with Gasteiger partial charge in [-0.25, -0.2) is 8.42 Å². The molecule has 6 nitrogen and oxygen atoms in total. The summed E-state index contributed by atoms with van der Waals surface area (Å²) in [5.74, 6) is -0.225. The van der Waals surface area contributed by atoms with Crippen LogP contribution in [0.2, 0.25) is 0 Å². The van der Waals surface area contributed by atoms with E-state index in [1.165, 1.54) is 10.4 Å². The number of ether oxygens (including phenoxy) is 1. The summed E-state index contributed by atoms with van der Waals surface area (Å²) >= 11 is 0. The van der Waals surface area contributed by atoms with Crippen LogP contribution >= 0.6 is 0 Å². The summed E-state index contributed by atoms with van der Waals surface area (Å²) in [5.41, 5.74) is 2.92. The van der Waals surface area contributed by atoms with Gasteiger partial charge in [0, 0.05) is 24.3 Å². The van der Waals surface area contributed by atoms with Gasteiger partial charge in [0.15, 0.2) is 0 Å². The van der Waals surface area contributed by atoms with Crippen LogP contribution in [0.15, 0.2) is 47.4 Å². The van der Waals surface area contributed by atoms with Crippen molar-refractivity contribution in [2.75, 3.05) is 31.6 Å². The smallest absolute Gasteiger partial charge is 0.255 e. The predicted octanol–water partition coefficient (Wildman–Crippen LogP) is 2.58. The van der Waals surface area contributed by atoms with Crippen LogP contribution in [0.5, 0.6) is 0 Å². The third-order valence-corrected chi connectivity index (χ3v) is 6.26. The molecule has 0 unspecified atom stereocenters. The molecular weight excluding hydrogens is 352 g/mol. The van der Waals surface area contributed by atoms with Gasteiger partial charge in [0.2, 0.25) is 10.0 Å². The molecule has 0 atom stereocenters. The van der Waals surface area contributed by atoms with Gasteiger partial charge in [0.1, 0.15) is 0 Å². The third kappa shape index (κ3) is 3.95. The minimum atomic E-state index is -3.55. The van der Waals surface area contributed by atoms with Crippen LogP contribution in [-0.2, 0) is 14.8 Å². The molecule has 0 spiro atoms. The Labute approximate surface area is 153 Å². The van der Waals surface area contributed by atoms with Gasteiger partial charge in [0.25, 0.3) is 5.91 Å². The molecule has 26 heavy (non-hydrogen) atoms. The number of carbonyl (C=O) groups excluding carboxylic acids is 1. The second-order valence-electron chi connectivity index (χ2n) is 6.31. The van der Waals surface area contributed by atoms with Crippen molar-refractivity contribution in [3.63, 3.8) is 0 Å². The molecule has 1 N–H and O–H groups in total. The molecule has 1 amide bonds. The van der Waals surface area contributed by atoms with Crippen LogP contribution in [0.4, 0.5) is 5.69 Å².